The smallest absolute Gasteiger partial charge is 0.292 e. The van der Waals surface area contributed by atoms with Crippen molar-refractivity contribution in [2.45, 2.75) is 51.5 Å². The number of hydrogen-bond acceptors (Lipinski definition) is 5. The van der Waals surface area contributed by atoms with Crippen LogP contribution in [-0.2, 0) is 0 Å². The van der Waals surface area contributed by atoms with Gasteiger partial charge in [0.2, 0.25) is 0 Å². The van der Waals surface area contributed by atoms with Gasteiger partial charge in [0, 0.05) is 49.5 Å². The van der Waals surface area contributed by atoms with Crippen molar-refractivity contribution in [2.75, 3.05) is 36.4 Å². The van der Waals surface area contributed by atoms with Crippen LogP contribution in [0.4, 0.5) is 21.5 Å². The average Bonchev–Trinajstić information content (AvgIpc) is 2.87. The first-order chi connectivity index (χ1) is 17.8. The largest absolute Gasteiger partial charge is 0.376 e. The molecule has 5 aliphatic rings. The Morgan fingerprint density at radius 3 is 2.27 bits per heavy atom. The monoisotopic (exact) mass is 506 g/mol. The lowest BCUT2D eigenvalue weighted by atomic mass is 9.48. The summed E-state index contributed by atoms with van der Waals surface area (Å²) in [6.07, 6.45) is 7.83. The lowest BCUT2D eigenvalue weighted by Gasteiger charge is -2.59. The predicted molar refractivity (Wildman–Crippen MR) is 141 cm³/mol. The third-order valence-corrected chi connectivity index (χ3v) is 9.56. The van der Waals surface area contributed by atoms with Gasteiger partial charge in [0.15, 0.2) is 0 Å². The van der Waals surface area contributed by atoms with Gasteiger partial charge < -0.3 is 15.1 Å². The van der Waals surface area contributed by atoms with Crippen molar-refractivity contribution in [3.63, 3.8) is 0 Å². The van der Waals surface area contributed by atoms with E-state index in [1.807, 2.05) is 12.1 Å². The minimum Gasteiger partial charge on any atom is -0.376 e. The molecule has 37 heavy (non-hydrogen) atoms. The predicted octanol–water partition coefficient (Wildman–Crippen LogP) is 5.71. The van der Waals surface area contributed by atoms with E-state index in [9.17, 15) is 19.3 Å². The quantitative estimate of drug-likeness (QED) is 0.401. The summed E-state index contributed by atoms with van der Waals surface area (Å²) in [6, 6.07) is 11.3. The van der Waals surface area contributed by atoms with Crippen molar-refractivity contribution in [1.82, 2.24) is 4.90 Å². The molecule has 2 aromatic rings. The third kappa shape index (κ3) is 4.55. The first-order valence-corrected chi connectivity index (χ1v) is 13.6. The summed E-state index contributed by atoms with van der Waals surface area (Å²) in [7, 11) is 0. The Morgan fingerprint density at radius 1 is 1.03 bits per heavy atom. The molecule has 7 rings (SSSR count). The minimum absolute atomic E-state index is 0.111. The highest BCUT2D eigenvalue weighted by molar-refractivity contribution is 5.94. The maximum absolute atomic E-state index is 13.6. The van der Waals surface area contributed by atoms with E-state index in [1.54, 1.807) is 23.1 Å². The van der Waals surface area contributed by atoms with Gasteiger partial charge in [-0.2, -0.15) is 0 Å². The number of benzene rings is 2. The number of carbonyl (C=O) groups is 1. The van der Waals surface area contributed by atoms with Crippen LogP contribution in [0.25, 0.3) is 0 Å². The number of nitrogens with one attached hydrogen (secondary N) is 1. The summed E-state index contributed by atoms with van der Waals surface area (Å²) in [5, 5.41) is 15.5. The Labute approximate surface area is 217 Å². The molecule has 1 heterocycles. The zero-order valence-electron chi connectivity index (χ0n) is 21.4. The van der Waals surface area contributed by atoms with Crippen LogP contribution in [0.1, 0.15) is 55.8 Å². The summed E-state index contributed by atoms with van der Waals surface area (Å²) in [6.45, 7) is 4.48. The van der Waals surface area contributed by atoms with Crippen LogP contribution in [0.5, 0.6) is 0 Å². The topological polar surface area (TPSA) is 78.7 Å². The van der Waals surface area contributed by atoms with Crippen LogP contribution in [0, 0.1) is 39.1 Å². The zero-order valence-corrected chi connectivity index (χ0v) is 21.4. The maximum Gasteiger partial charge on any atom is 0.292 e. The number of anilines is 2. The van der Waals surface area contributed by atoms with Crippen molar-refractivity contribution in [3.8, 4) is 0 Å². The summed E-state index contributed by atoms with van der Waals surface area (Å²) in [4.78, 5) is 28.3. The summed E-state index contributed by atoms with van der Waals surface area (Å²) in [5.41, 5.74) is 2.21. The van der Waals surface area contributed by atoms with Crippen LogP contribution >= 0.6 is 0 Å². The fraction of sp³-hybridized carbons (Fsp3) is 0.552. The second-order valence-electron chi connectivity index (χ2n) is 11.9. The van der Waals surface area contributed by atoms with E-state index in [2.05, 4.69) is 17.1 Å². The van der Waals surface area contributed by atoms with Gasteiger partial charge in [-0.3, -0.25) is 14.9 Å². The van der Waals surface area contributed by atoms with E-state index >= 15 is 0 Å². The minimum atomic E-state index is -0.418. The van der Waals surface area contributed by atoms with Gasteiger partial charge in [-0.05, 0) is 98.9 Å². The second kappa shape index (κ2) is 9.30. The molecule has 4 aliphatic carbocycles. The van der Waals surface area contributed by atoms with Crippen LogP contribution in [0.3, 0.4) is 0 Å². The van der Waals surface area contributed by atoms with Gasteiger partial charge >= 0.3 is 0 Å². The molecule has 0 radical (unpaired) electrons. The zero-order chi connectivity index (χ0) is 25.7. The van der Waals surface area contributed by atoms with Crippen molar-refractivity contribution < 1.29 is 14.1 Å². The van der Waals surface area contributed by atoms with E-state index < -0.39 is 5.82 Å². The van der Waals surface area contributed by atoms with E-state index in [0.29, 0.717) is 37.4 Å². The van der Waals surface area contributed by atoms with Gasteiger partial charge in [0.05, 0.1) is 4.92 Å². The van der Waals surface area contributed by atoms with Gasteiger partial charge in [0.25, 0.3) is 11.6 Å². The Balaban J connectivity index is 1.17. The Bertz CT molecular complexity index is 1170. The number of piperazine rings is 1. The molecule has 8 heteroatoms. The molecule has 4 saturated carbocycles. The SMILES string of the molecule is C[C@@H](Nc1cc(N2CCN(C(=O)c3cccc(F)c3)CC2)ccc1[N+](=O)[O-])C12CC3CC(CC(C3)C1)C2. The second-order valence-corrected chi connectivity index (χ2v) is 11.9. The fourth-order valence-electron chi connectivity index (χ4n) is 8.06. The lowest BCUT2D eigenvalue weighted by molar-refractivity contribution is -0.384. The molecular weight excluding hydrogens is 471 g/mol. The first-order valence-electron chi connectivity index (χ1n) is 13.6. The molecule has 2 aromatic carbocycles. The number of halogens is 1. The lowest BCUT2D eigenvalue weighted by Crippen LogP contribution is -2.53. The Kier molecular flexibility index (Phi) is 6.08. The number of nitro benzene ring substituents is 1. The molecule has 196 valence electrons. The van der Waals surface area contributed by atoms with Crippen LogP contribution in [0.15, 0.2) is 42.5 Å². The molecule has 1 N–H and O–H groups in total. The van der Waals surface area contributed by atoms with Gasteiger partial charge in [-0.1, -0.05) is 6.07 Å². The summed E-state index contributed by atoms with van der Waals surface area (Å²) < 4.78 is 13.6. The molecule has 1 amide bonds. The highest BCUT2D eigenvalue weighted by Gasteiger charge is 2.53. The first kappa shape index (κ1) is 24.2. The van der Waals surface area contributed by atoms with E-state index in [4.69, 9.17) is 0 Å². The van der Waals surface area contributed by atoms with Gasteiger partial charge in [0.1, 0.15) is 11.5 Å². The molecule has 0 aromatic heterocycles. The molecule has 4 bridgehead atoms. The highest BCUT2D eigenvalue weighted by Crippen LogP contribution is 2.61. The Morgan fingerprint density at radius 2 is 1.68 bits per heavy atom. The fourth-order valence-corrected chi connectivity index (χ4v) is 8.06. The summed E-state index contributed by atoms with van der Waals surface area (Å²) >= 11 is 0. The summed E-state index contributed by atoms with van der Waals surface area (Å²) in [5.74, 6) is 1.88. The molecule has 1 atom stereocenters. The van der Waals surface area contributed by atoms with Crippen molar-refractivity contribution in [3.05, 3.63) is 64.0 Å². The number of amides is 1. The standard InChI is InChI=1S/C29H35FN4O3/c1-19(29-16-20-11-21(17-29)13-22(12-20)18-29)31-26-15-25(5-6-27(26)34(36)37)32-7-9-33(10-8-32)28(35)23-3-2-4-24(30)14-23/h2-6,14-15,19-22,31H,7-13,16-18H2,1H3/t19-,20?,21?,22?,29?/m1/s1. The van der Waals surface area contributed by atoms with Crippen molar-refractivity contribution in [1.29, 1.82) is 0 Å². The molecule has 0 spiro atoms. The van der Waals surface area contributed by atoms with Crippen LogP contribution < -0.4 is 10.2 Å². The van der Waals surface area contributed by atoms with E-state index in [1.165, 1.54) is 50.7 Å². The maximum atomic E-state index is 13.6. The Hall–Kier alpha value is -3.16. The van der Waals surface area contributed by atoms with Crippen molar-refractivity contribution in [2.24, 2.45) is 23.2 Å². The van der Waals surface area contributed by atoms with E-state index in [0.717, 1.165) is 23.4 Å². The van der Waals surface area contributed by atoms with E-state index in [-0.39, 0.29) is 28.0 Å². The van der Waals surface area contributed by atoms with Crippen LogP contribution in [0.2, 0.25) is 0 Å². The number of nitro groups is 1. The highest BCUT2D eigenvalue weighted by atomic mass is 19.1. The van der Waals surface area contributed by atoms with Crippen molar-refractivity contribution >= 4 is 23.0 Å². The molecule has 1 saturated heterocycles. The molecular formula is C29H35FN4O3. The average molecular weight is 507 g/mol. The number of rotatable bonds is 6. The number of nitrogens with zero attached hydrogens (tertiary/aromatic N) is 3. The van der Waals surface area contributed by atoms with Gasteiger partial charge in [-0.15, -0.1) is 0 Å². The molecule has 0 unspecified atom stereocenters. The van der Waals surface area contributed by atoms with Gasteiger partial charge in [-0.25, -0.2) is 4.39 Å². The van der Waals surface area contributed by atoms with Crippen LogP contribution in [-0.4, -0.2) is 48.0 Å². The molecule has 5 fully saturated rings. The number of carbonyl (C=O) groups excluding carboxylic acids is 1. The third-order valence-electron chi connectivity index (χ3n) is 9.56. The normalized spacial score (nSPS) is 29.3. The number of hydrogen-bond donors (Lipinski definition) is 1. The molecule has 7 nitrogen and oxygen atoms in total. The molecule has 1 aliphatic heterocycles.